The number of aromatic nitrogens is 1. The fourth-order valence-corrected chi connectivity index (χ4v) is 2.94. The molecule has 36 heavy (non-hydrogen) atoms. The molecule has 10 nitrogen and oxygen atoms in total. The Bertz CT molecular complexity index is 1060. The molecule has 2 aromatic rings. The van der Waals surface area contributed by atoms with Gasteiger partial charge in [0.1, 0.15) is 12.4 Å². The van der Waals surface area contributed by atoms with E-state index >= 15 is 0 Å². The molecule has 1 atom stereocenters. The number of nitrogens with zero attached hydrogens (tertiary/aromatic N) is 4. The van der Waals surface area contributed by atoms with Gasteiger partial charge in [-0.1, -0.05) is 41.6 Å². The molecule has 1 unspecified atom stereocenters. The van der Waals surface area contributed by atoms with Gasteiger partial charge < -0.3 is 19.6 Å². The molecule has 0 aliphatic rings. The second-order valence-electron chi connectivity index (χ2n) is 7.49. The second-order valence-corrected chi connectivity index (χ2v) is 7.49. The molecule has 1 aromatic heterocycles. The number of hydrogen-bond acceptors (Lipinski definition) is 8. The first-order valence-electron chi connectivity index (χ1n) is 10.8. The van der Waals surface area contributed by atoms with Crippen LogP contribution in [0.5, 0.6) is 0 Å². The number of benzene rings is 1. The van der Waals surface area contributed by atoms with E-state index < -0.39 is 24.5 Å². The van der Waals surface area contributed by atoms with E-state index in [9.17, 15) is 18.0 Å². The lowest BCUT2D eigenvalue weighted by Crippen LogP contribution is -2.47. The van der Waals surface area contributed by atoms with Gasteiger partial charge >= 0.3 is 6.18 Å². The van der Waals surface area contributed by atoms with Gasteiger partial charge in [-0.15, -0.1) is 0 Å². The van der Waals surface area contributed by atoms with Gasteiger partial charge in [0.2, 0.25) is 5.79 Å². The number of hydrazine groups is 1. The van der Waals surface area contributed by atoms with Crippen molar-refractivity contribution in [2.24, 2.45) is 16.0 Å². The highest BCUT2D eigenvalue weighted by atomic mass is 19.4. The van der Waals surface area contributed by atoms with Crippen LogP contribution in [0.1, 0.15) is 25.1 Å². The summed E-state index contributed by atoms with van der Waals surface area (Å²) in [6, 6.07) is 13.8. The van der Waals surface area contributed by atoms with Crippen molar-refractivity contribution in [1.82, 2.24) is 9.99 Å². The van der Waals surface area contributed by atoms with E-state index in [0.29, 0.717) is 17.2 Å². The minimum absolute atomic E-state index is 0.0497. The van der Waals surface area contributed by atoms with Crippen LogP contribution in [-0.2, 0) is 25.7 Å². The highest BCUT2D eigenvalue weighted by Crippen LogP contribution is 2.22. The Labute approximate surface area is 206 Å². The third-order valence-electron chi connectivity index (χ3n) is 4.57. The maximum atomic E-state index is 12.6. The number of likely N-dealkylation sites (N-methyl/N-ethyl adjacent to an activating group) is 1. The highest BCUT2D eigenvalue weighted by Gasteiger charge is 2.40. The normalized spacial score (nSPS) is 14.2. The zero-order valence-electron chi connectivity index (χ0n) is 20.4. The number of ether oxygens (including phenoxy) is 2. The first-order valence-corrected chi connectivity index (χ1v) is 10.8. The molecule has 0 saturated heterocycles. The highest BCUT2D eigenvalue weighted by molar-refractivity contribution is 6.47. The minimum atomic E-state index is -4.63. The predicted octanol–water partition coefficient (Wildman–Crippen LogP) is 3.11. The fraction of sp³-hybridized carbons (Fsp3) is 0.391. The van der Waals surface area contributed by atoms with Crippen LogP contribution in [0.3, 0.4) is 0 Å². The monoisotopic (exact) mass is 510 g/mol. The third-order valence-corrected chi connectivity index (χ3v) is 4.57. The van der Waals surface area contributed by atoms with Crippen molar-refractivity contribution in [2.45, 2.75) is 32.4 Å². The van der Waals surface area contributed by atoms with E-state index in [0.717, 1.165) is 12.5 Å². The van der Waals surface area contributed by atoms with Crippen LogP contribution < -0.4 is 11.2 Å². The molecular formula is C23H29F3N6O4. The number of aliphatic imine (C=N–C) groups is 1. The number of amides is 1. The number of oxime groups is 1. The van der Waals surface area contributed by atoms with Gasteiger partial charge in [-0.3, -0.25) is 14.8 Å². The number of carbonyl (C=O) groups excluding carboxylic acids is 1. The van der Waals surface area contributed by atoms with Gasteiger partial charge in [-0.25, -0.2) is 10.8 Å². The summed E-state index contributed by atoms with van der Waals surface area (Å²) in [4.78, 5) is 26.5. The van der Waals surface area contributed by atoms with Crippen LogP contribution >= 0.6 is 0 Å². The minimum Gasteiger partial charge on any atom is -0.389 e. The standard InChI is InChI=1S/C23H29F3N6O4/c1-5-34-22(2,35-15-23(24,25)26)21(33)30-18-13-9-12-17(29-18)14-36-31-19(20(28-3)32(4)27)16-10-7-6-8-11-16/h6-13H,5,14-15,27H2,1-4H3,(H,29,30,33)/b28-20-,31-19-. The SMILES string of the molecule is CCOC(C)(OCC(F)(F)F)C(=O)Nc1cccc(CO/N=C(\C(=N\C)N(C)N)c2ccccc2)n1. The molecule has 0 spiro atoms. The summed E-state index contributed by atoms with van der Waals surface area (Å²) >= 11 is 0. The summed E-state index contributed by atoms with van der Waals surface area (Å²) in [6.07, 6.45) is -4.63. The van der Waals surface area contributed by atoms with Gasteiger partial charge in [-0.2, -0.15) is 13.2 Å². The first-order chi connectivity index (χ1) is 17.0. The number of amidine groups is 1. The summed E-state index contributed by atoms with van der Waals surface area (Å²) in [5, 5.41) is 7.89. The summed E-state index contributed by atoms with van der Waals surface area (Å²) < 4.78 is 47.7. The Morgan fingerprint density at radius 1 is 1.14 bits per heavy atom. The summed E-state index contributed by atoms with van der Waals surface area (Å²) in [7, 11) is 3.18. The van der Waals surface area contributed by atoms with Gasteiger partial charge in [-0.05, 0) is 26.0 Å². The molecule has 0 saturated carbocycles. The van der Waals surface area contributed by atoms with Gasteiger partial charge in [0, 0.05) is 26.3 Å². The molecule has 196 valence electrons. The summed E-state index contributed by atoms with van der Waals surface area (Å²) in [6.45, 7) is 0.844. The van der Waals surface area contributed by atoms with Gasteiger partial charge in [0.15, 0.2) is 18.2 Å². The Morgan fingerprint density at radius 3 is 2.42 bits per heavy atom. The average Bonchev–Trinajstić information content (AvgIpc) is 2.82. The molecule has 0 aliphatic carbocycles. The van der Waals surface area contributed by atoms with Crippen molar-refractivity contribution in [2.75, 3.05) is 32.6 Å². The molecule has 2 rings (SSSR count). The van der Waals surface area contributed by atoms with Crippen molar-refractivity contribution in [3.63, 3.8) is 0 Å². The zero-order chi connectivity index (χ0) is 26.8. The lowest BCUT2D eigenvalue weighted by Gasteiger charge is -2.28. The summed E-state index contributed by atoms with van der Waals surface area (Å²) in [5.41, 5.74) is 1.50. The average molecular weight is 511 g/mol. The van der Waals surface area contributed by atoms with Crippen LogP contribution in [0, 0.1) is 0 Å². The van der Waals surface area contributed by atoms with E-state index in [4.69, 9.17) is 20.2 Å². The van der Waals surface area contributed by atoms with Crippen LogP contribution in [0.15, 0.2) is 58.7 Å². The van der Waals surface area contributed by atoms with E-state index in [1.165, 1.54) is 18.0 Å². The van der Waals surface area contributed by atoms with Crippen molar-refractivity contribution < 1.29 is 32.3 Å². The topological polar surface area (TPSA) is 124 Å². The van der Waals surface area contributed by atoms with Crippen molar-refractivity contribution in [1.29, 1.82) is 0 Å². The van der Waals surface area contributed by atoms with Gasteiger partial charge in [0.25, 0.3) is 5.91 Å². The number of carbonyl (C=O) groups is 1. The van der Waals surface area contributed by atoms with E-state index in [-0.39, 0.29) is 19.0 Å². The zero-order valence-corrected chi connectivity index (χ0v) is 20.4. The van der Waals surface area contributed by atoms with Crippen LogP contribution in [0.2, 0.25) is 0 Å². The molecule has 0 radical (unpaired) electrons. The van der Waals surface area contributed by atoms with Crippen molar-refractivity contribution >= 4 is 23.3 Å². The van der Waals surface area contributed by atoms with E-state index in [1.54, 1.807) is 26.2 Å². The number of nitrogens with two attached hydrogens (primary N) is 1. The molecule has 1 heterocycles. The molecular weight excluding hydrogens is 481 g/mol. The first kappa shape index (κ1) is 28.7. The lowest BCUT2D eigenvalue weighted by molar-refractivity contribution is -0.262. The van der Waals surface area contributed by atoms with Gasteiger partial charge in [0.05, 0.1) is 5.69 Å². The molecule has 1 amide bonds. The number of rotatable bonds is 11. The second kappa shape index (κ2) is 13.0. The lowest BCUT2D eigenvalue weighted by atomic mass is 10.1. The number of anilines is 1. The Hall–Kier alpha value is -3.55. The third kappa shape index (κ3) is 8.59. The number of alkyl halides is 3. The molecule has 13 heteroatoms. The van der Waals surface area contributed by atoms with Crippen LogP contribution in [0.4, 0.5) is 19.0 Å². The molecule has 0 bridgehead atoms. The maximum Gasteiger partial charge on any atom is 0.411 e. The maximum absolute atomic E-state index is 12.6. The molecule has 1 aromatic carbocycles. The fourth-order valence-electron chi connectivity index (χ4n) is 2.94. The van der Waals surface area contributed by atoms with Crippen LogP contribution in [-0.4, -0.2) is 66.7 Å². The molecule has 0 aliphatic heterocycles. The Morgan fingerprint density at radius 2 is 1.83 bits per heavy atom. The quantitative estimate of drug-likeness (QED) is 0.157. The molecule has 3 N–H and O–H groups in total. The Kier molecular flexibility index (Phi) is 10.3. The number of pyridine rings is 1. The van der Waals surface area contributed by atoms with E-state index in [1.807, 2.05) is 30.3 Å². The number of hydrogen-bond donors (Lipinski definition) is 2. The smallest absolute Gasteiger partial charge is 0.389 e. The largest absolute Gasteiger partial charge is 0.411 e. The van der Waals surface area contributed by atoms with Crippen molar-refractivity contribution in [3.05, 3.63) is 59.8 Å². The van der Waals surface area contributed by atoms with Crippen LogP contribution in [0.25, 0.3) is 0 Å². The number of nitrogens with one attached hydrogen (secondary N) is 1. The van der Waals surface area contributed by atoms with E-state index in [2.05, 4.69) is 20.4 Å². The number of halogens is 3. The van der Waals surface area contributed by atoms with Crippen molar-refractivity contribution in [3.8, 4) is 0 Å². The summed E-state index contributed by atoms with van der Waals surface area (Å²) in [5.74, 6) is 3.19. The Balaban J connectivity index is 2.15. The molecule has 0 fully saturated rings. The predicted molar refractivity (Wildman–Crippen MR) is 128 cm³/mol.